The summed E-state index contributed by atoms with van der Waals surface area (Å²) < 4.78 is 39.4. The van der Waals surface area contributed by atoms with Crippen LogP contribution in [0.15, 0.2) is 48.5 Å². The predicted molar refractivity (Wildman–Crippen MR) is 106 cm³/mol. The van der Waals surface area contributed by atoms with Crippen molar-refractivity contribution in [3.63, 3.8) is 0 Å². The lowest BCUT2D eigenvalue weighted by atomic mass is 10.1. The van der Waals surface area contributed by atoms with Crippen LogP contribution in [-0.2, 0) is 16.6 Å². The fourth-order valence-electron chi connectivity index (χ4n) is 2.54. The van der Waals surface area contributed by atoms with Crippen molar-refractivity contribution < 1.29 is 17.6 Å². The lowest BCUT2D eigenvalue weighted by Crippen LogP contribution is -2.30. The average Bonchev–Trinajstić information content (AvgIpc) is 2.60. The van der Waals surface area contributed by atoms with Gasteiger partial charge in [-0.1, -0.05) is 32.0 Å². The van der Waals surface area contributed by atoms with E-state index in [9.17, 15) is 17.6 Å². The highest BCUT2D eigenvalue weighted by atomic mass is 32.2. The van der Waals surface area contributed by atoms with Crippen molar-refractivity contribution in [2.24, 2.45) is 5.92 Å². The Morgan fingerprint density at radius 1 is 1.11 bits per heavy atom. The first kappa shape index (κ1) is 20.9. The van der Waals surface area contributed by atoms with Crippen molar-refractivity contribution >= 4 is 21.6 Å². The second kappa shape index (κ2) is 8.99. The Bertz CT molecular complexity index is 880. The highest BCUT2D eigenvalue weighted by Gasteiger charge is 2.19. The molecule has 2 rings (SSSR count). The zero-order valence-corrected chi connectivity index (χ0v) is 16.6. The highest BCUT2D eigenvalue weighted by molar-refractivity contribution is 7.92. The van der Waals surface area contributed by atoms with Gasteiger partial charge in [0.2, 0.25) is 10.0 Å². The van der Waals surface area contributed by atoms with Gasteiger partial charge in [0.05, 0.1) is 18.5 Å². The smallest absolute Gasteiger partial charge is 0.251 e. The van der Waals surface area contributed by atoms with Crippen LogP contribution in [0, 0.1) is 11.7 Å². The maximum Gasteiger partial charge on any atom is 0.251 e. The zero-order valence-electron chi connectivity index (χ0n) is 15.8. The topological polar surface area (TPSA) is 66.5 Å². The van der Waals surface area contributed by atoms with E-state index in [0.717, 1.165) is 17.0 Å². The van der Waals surface area contributed by atoms with Crippen LogP contribution in [-0.4, -0.2) is 27.1 Å². The van der Waals surface area contributed by atoms with Crippen LogP contribution < -0.4 is 9.62 Å². The number of nitrogens with one attached hydrogen (secondary N) is 1. The first-order valence-corrected chi connectivity index (χ1v) is 10.6. The molecule has 2 aromatic carbocycles. The Balaban J connectivity index is 2.18. The standard InChI is InChI=1S/C20H25FN2O3S/c1-15(2)12-13-22-20(24)16-8-10-18(11-9-16)23(27(3,25)26)14-17-6-4-5-7-19(17)21/h4-11,15H,12-14H2,1-3H3,(H,22,24). The summed E-state index contributed by atoms with van der Waals surface area (Å²) in [5.41, 5.74) is 1.10. The van der Waals surface area contributed by atoms with Crippen LogP contribution in [0.5, 0.6) is 0 Å². The van der Waals surface area contributed by atoms with E-state index < -0.39 is 15.8 Å². The minimum atomic E-state index is -3.62. The highest BCUT2D eigenvalue weighted by Crippen LogP contribution is 2.22. The number of halogens is 1. The van der Waals surface area contributed by atoms with Crippen LogP contribution in [0.2, 0.25) is 0 Å². The quantitative estimate of drug-likeness (QED) is 0.747. The Kier molecular flexibility index (Phi) is 6.96. The molecule has 0 aliphatic carbocycles. The molecule has 0 atom stereocenters. The number of nitrogens with zero attached hydrogens (tertiary/aromatic N) is 1. The number of carbonyl (C=O) groups is 1. The summed E-state index contributed by atoms with van der Waals surface area (Å²) in [6.07, 6.45) is 1.95. The molecule has 0 bridgehead atoms. The van der Waals surface area contributed by atoms with Crippen molar-refractivity contribution in [2.75, 3.05) is 17.1 Å². The van der Waals surface area contributed by atoms with Crippen LogP contribution in [0.1, 0.15) is 36.2 Å². The number of hydrogen-bond acceptors (Lipinski definition) is 3. The summed E-state index contributed by atoms with van der Waals surface area (Å²) in [5.74, 6) is -0.177. The number of rotatable bonds is 8. The molecule has 0 spiro atoms. The number of sulfonamides is 1. The van der Waals surface area contributed by atoms with E-state index in [1.54, 1.807) is 42.5 Å². The molecule has 0 unspecified atom stereocenters. The van der Waals surface area contributed by atoms with Gasteiger partial charge in [-0.15, -0.1) is 0 Å². The summed E-state index contributed by atoms with van der Waals surface area (Å²) in [4.78, 5) is 12.1. The van der Waals surface area contributed by atoms with Crippen molar-refractivity contribution in [3.05, 3.63) is 65.5 Å². The monoisotopic (exact) mass is 392 g/mol. The number of anilines is 1. The van der Waals surface area contributed by atoms with E-state index in [-0.39, 0.29) is 18.0 Å². The van der Waals surface area contributed by atoms with Gasteiger partial charge in [0.1, 0.15) is 5.82 Å². The van der Waals surface area contributed by atoms with Gasteiger partial charge in [-0.25, -0.2) is 12.8 Å². The Morgan fingerprint density at radius 3 is 2.30 bits per heavy atom. The summed E-state index contributed by atoms with van der Waals surface area (Å²) in [7, 11) is -3.62. The van der Waals surface area contributed by atoms with Gasteiger partial charge in [-0.05, 0) is 42.7 Å². The van der Waals surface area contributed by atoms with Crippen LogP contribution >= 0.6 is 0 Å². The van der Waals surface area contributed by atoms with Crippen molar-refractivity contribution in [2.45, 2.75) is 26.8 Å². The lowest BCUT2D eigenvalue weighted by molar-refractivity contribution is 0.0952. The average molecular weight is 392 g/mol. The number of carbonyl (C=O) groups excluding carboxylic acids is 1. The summed E-state index contributed by atoms with van der Waals surface area (Å²) in [6.45, 7) is 4.62. The van der Waals surface area contributed by atoms with E-state index in [4.69, 9.17) is 0 Å². The second-order valence-corrected chi connectivity index (χ2v) is 8.75. The molecule has 1 amide bonds. The van der Waals surface area contributed by atoms with Crippen LogP contribution in [0.25, 0.3) is 0 Å². The molecular weight excluding hydrogens is 367 g/mol. The van der Waals surface area contributed by atoms with E-state index >= 15 is 0 Å². The molecule has 5 nitrogen and oxygen atoms in total. The van der Waals surface area contributed by atoms with Crippen LogP contribution in [0.4, 0.5) is 10.1 Å². The fraction of sp³-hybridized carbons (Fsp3) is 0.350. The van der Waals surface area contributed by atoms with Crippen LogP contribution in [0.3, 0.4) is 0 Å². The first-order valence-electron chi connectivity index (χ1n) is 8.78. The summed E-state index contributed by atoms with van der Waals surface area (Å²) >= 11 is 0. The van der Waals surface area contributed by atoms with Gasteiger partial charge >= 0.3 is 0 Å². The van der Waals surface area contributed by atoms with E-state index in [1.807, 2.05) is 0 Å². The number of amides is 1. The Hall–Kier alpha value is -2.41. The molecule has 27 heavy (non-hydrogen) atoms. The lowest BCUT2D eigenvalue weighted by Gasteiger charge is -2.23. The van der Waals surface area contributed by atoms with Gasteiger partial charge in [0, 0.05) is 17.7 Å². The Labute approximate surface area is 160 Å². The van der Waals surface area contributed by atoms with Gasteiger partial charge in [0.15, 0.2) is 0 Å². The van der Waals surface area contributed by atoms with Crippen molar-refractivity contribution in [1.82, 2.24) is 5.32 Å². The molecule has 0 fully saturated rings. The minimum absolute atomic E-state index is 0.120. The summed E-state index contributed by atoms with van der Waals surface area (Å²) in [6, 6.07) is 12.3. The SMILES string of the molecule is CC(C)CCNC(=O)c1ccc(N(Cc2ccccc2F)S(C)(=O)=O)cc1. The molecule has 0 heterocycles. The second-order valence-electron chi connectivity index (χ2n) is 6.85. The largest absolute Gasteiger partial charge is 0.352 e. The molecule has 0 saturated carbocycles. The van der Waals surface area contributed by atoms with Gasteiger partial charge in [0.25, 0.3) is 5.91 Å². The normalized spacial score (nSPS) is 11.4. The molecule has 0 aliphatic rings. The Morgan fingerprint density at radius 2 is 1.74 bits per heavy atom. The number of benzene rings is 2. The van der Waals surface area contributed by atoms with E-state index in [1.165, 1.54) is 6.07 Å². The third-order valence-electron chi connectivity index (χ3n) is 4.10. The molecule has 0 saturated heterocycles. The molecular formula is C20H25FN2O3S. The summed E-state index contributed by atoms with van der Waals surface area (Å²) in [5, 5.41) is 2.84. The van der Waals surface area contributed by atoms with E-state index in [0.29, 0.717) is 23.7 Å². The minimum Gasteiger partial charge on any atom is -0.352 e. The maximum absolute atomic E-state index is 13.9. The van der Waals surface area contributed by atoms with Gasteiger partial charge in [-0.3, -0.25) is 9.10 Å². The molecule has 1 N–H and O–H groups in total. The number of hydrogen-bond donors (Lipinski definition) is 1. The van der Waals surface area contributed by atoms with Gasteiger partial charge in [-0.2, -0.15) is 0 Å². The molecule has 146 valence electrons. The third-order valence-corrected chi connectivity index (χ3v) is 5.24. The van der Waals surface area contributed by atoms with E-state index in [2.05, 4.69) is 19.2 Å². The zero-order chi connectivity index (χ0) is 20.0. The molecule has 2 aromatic rings. The van der Waals surface area contributed by atoms with Crippen molar-refractivity contribution in [3.8, 4) is 0 Å². The first-order chi connectivity index (χ1) is 12.7. The predicted octanol–water partition coefficient (Wildman–Crippen LogP) is 3.57. The molecule has 0 aliphatic heterocycles. The van der Waals surface area contributed by atoms with Gasteiger partial charge < -0.3 is 5.32 Å². The molecule has 0 aromatic heterocycles. The molecule has 0 radical (unpaired) electrons. The maximum atomic E-state index is 13.9. The van der Waals surface area contributed by atoms with Crippen molar-refractivity contribution in [1.29, 1.82) is 0 Å². The molecule has 7 heteroatoms. The fourth-order valence-corrected chi connectivity index (χ4v) is 3.42. The third kappa shape index (κ3) is 6.06.